The van der Waals surface area contributed by atoms with Crippen molar-refractivity contribution in [2.24, 2.45) is 7.05 Å². The summed E-state index contributed by atoms with van der Waals surface area (Å²) in [4.78, 5) is 11.6. The van der Waals surface area contributed by atoms with Crippen molar-refractivity contribution < 1.29 is 5.11 Å². The van der Waals surface area contributed by atoms with E-state index in [0.29, 0.717) is 11.4 Å². The van der Waals surface area contributed by atoms with E-state index in [0.717, 1.165) is 53.5 Å². The summed E-state index contributed by atoms with van der Waals surface area (Å²) in [6.45, 7) is 5.88. The molecule has 4 aromatic rings. The number of nitrogens with one attached hydrogen (secondary N) is 1. The highest BCUT2D eigenvalue weighted by molar-refractivity contribution is 5.91. The van der Waals surface area contributed by atoms with E-state index in [1.807, 2.05) is 38.5 Å². The van der Waals surface area contributed by atoms with E-state index in [9.17, 15) is 5.11 Å². The first kappa shape index (κ1) is 16.9. The van der Waals surface area contributed by atoms with Crippen LogP contribution in [0.1, 0.15) is 5.56 Å². The number of rotatable bonds is 2. The van der Waals surface area contributed by atoms with Gasteiger partial charge >= 0.3 is 0 Å². The third kappa shape index (κ3) is 2.75. The average Bonchev–Trinajstić information content (AvgIpc) is 3.11. The van der Waals surface area contributed by atoms with Crippen LogP contribution in [-0.2, 0) is 7.05 Å². The molecule has 0 saturated carbocycles. The van der Waals surface area contributed by atoms with Crippen LogP contribution < -0.4 is 10.2 Å². The number of hydrogen-bond acceptors (Lipinski definition) is 6. The van der Waals surface area contributed by atoms with Crippen LogP contribution in [-0.4, -0.2) is 51.0 Å². The Balaban J connectivity index is 1.58. The largest absolute Gasteiger partial charge is 0.507 e. The Kier molecular flexibility index (Phi) is 3.91. The topological polar surface area (TPSA) is 79.1 Å². The molecule has 0 spiro atoms. The molecule has 0 unspecified atom stereocenters. The van der Waals surface area contributed by atoms with Gasteiger partial charge in [0.2, 0.25) is 0 Å². The lowest BCUT2D eigenvalue weighted by Crippen LogP contribution is -2.43. The molecule has 28 heavy (non-hydrogen) atoms. The number of aryl methyl sites for hydroxylation is 2. The standard InChI is InChI=1S/C21H22N6O/c1-13-19-15(12-26(2)25-19)10-17(20(13)28)21-23-11-14-9-16(3-4-18(14)24-21)27-7-5-22-6-8-27/h3-4,9-12,22,28H,5-8H2,1-2H3. The lowest BCUT2D eigenvalue weighted by Gasteiger charge is -2.29. The highest BCUT2D eigenvalue weighted by Gasteiger charge is 2.16. The summed E-state index contributed by atoms with van der Waals surface area (Å²) in [5.41, 5.74) is 4.23. The van der Waals surface area contributed by atoms with Gasteiger partial charge in [-0.15, -0.1) is 0 Å². The van der Waals surface area contributed by atoms with Gasteiger partial charge < -0.3 is 15.3 Å². The van der Waals surface area contributed by atoms with E-state index in [-0.39, 0.29) is 5.75 Å². The van der Waals surface area contributed by atoms with Gasteiger partial charge in [-0.3, -0.25) is 4.68 Å². The van der Waals surface area contributed by atoms with Crippen LogP contribution in [0.2, 0.25) is 0 Å². The van der Waals surface area contributed by atoms with E-state index < -0.39 is 0 Å². The normalized spacial score (nSPS) is 14.9. The van der Waals surface area contributed by atoms with Gasteiger partial charge in [-0.2, -0.15) is 5.10 Å². The van der Waals surface area contributed by atoms with Crippen molar-refractivity contribution in [2.45, 2.75) is 6.92 Å². The van der Waals surface area contributed by atoms with Gasteiger partial charge in [-0.1, -0.05) is 0 Å². The molecule has 1 aliphatic rings. The summed E-state index contributed by atoms with van der Waals surface area (Å²) >= 11 is 0. The molecule has 2 aromatic heterocycles. The van der Waals surface area contributed by atoms with E-state index in [1.54, 1.807) is 4.68 Å². The molecule has 1 saturated heterocycles. The maximum absolute atomic E-state index is 10.7. The number of phenolic OH excluding ortho intramolecular Hbond substituents is 1. The molecule has 0 atom stereocenters. The number of aromatic hydroxyl groups is 1. The molecule has 0 amide bonds. The number of nitrogens with zero attached hydrogens (tertiary/aromatic N) is 5. The first-order valence-corrected chi connectivity index (χ1v) is 9.49. The number of anilines is 1. The van der Waals surface area contributed by atoms with Gasteiger partial charge in [0.1, 0.15) is 5.75 Å². The van der Waals surface area contributed by atoms with E-state index in [2.05, 4.69) is 32.4 Å². The van der Waals surface area contributed by atoms with E-state index in [1.165, 1.54) is 5.69 Å². The average molecular weight is 374 g/mol. The molecule has 0 bridgehead atoms. The van der Waals surface area contributed by atoms with Crippen molar-refractivity contribution in [3.05, 3.63) is 42.2 Å². The number of phenols is 1. The number of piperazine rings is 1. The summed E-state index contributed by atoms with van der Waals surface area (Å²) < 4.78 is 1.75. The minimum atomic E-state index is 0.183. The maximum atomic E-state index is 10.7. The fraction of sp³-hybridized carbons (Fsp3) is 0.286. The Morgan fingerprint density at radius 2 is 1.93 bits per heavy atom. The number of hydrogen-bond donors (Lipinski definition) is 2. The smallest absolute Gasteiger partial charge is 0.163 e. The fourth-order valence-electron chi connectivity index (χ4n) is 3.88. The van der Waals surface area contributed by atoms with Crippen molar-refractivity contribution >= 4 is 27.5 Å². The minimum absolute atomic E-state index is 0.183. The molecule has 3 heterocycles. The Bertz CT molecular complexity index is 1190. The highest BCUT2D eigenvalue weighted by Crippen LogP contribution is 2.35. The van der Waals surface area contributed by atoms with Crippen molar-refractivity contribution in [3.8, 4) is 17.1 Å². The maximum Gasteiger partial charge on any atom is 0.163 e. The predicted molar refractivity (Wildman–Crippen MR) is 111 cm³/mol. The van der Waals surface area contributed by atoms with Crippen molar-refractivity contribution in [2.75, 3.05) is 31.1 Å². The lowest BCUT2D eigenvalue weighted by atomic mass is 10.0. The Morgan fingerprint density at radius 1 is 1.11 bits per heavy atom. The molecular weight excluding hydrogens is 352 g/mol. The van der Waals surface area contributed by atoms with Gasteiger partial charge in [0.25, 0.3) is 0 Å². The number of aromatic nitrogens is 4. The first-order chi connectivity index (χ1) is 13.6. The zero-order chi connectivity index (χ0) is 19.3. The molecular formula is C21H22N6O. The molecule has 7 nitrogen and oxygen atoms in total. The van der Waals surface area contributed by atoms with Gasteiger partial charge in [-0.05, 0) is 31.2 Å². The quantitative estimate of drug-likeness (QED) is 0.562. The van der Waals surface area contributed by atoms with Crippen molar-refractivity contribution in [3.63, 3.8) is 0 Å². The molecule has 7 heteroatoms. The molecule has 2 aromatic carbocycles. The van der Waals surface area contributed by atoms with Crippen molar-refractivity contribution in [1.82, 2.24) is 25.1 Å². The summed E-state index contributed by atoms with van der Waals surface area (Å²) in [6, 6.07) is 8.19. The summed E-state index contributed by atoms with van der Waals surface area (Å²) in [6.07, 6.45) is 3.78. The summed E-state index contributed by atoms with van der Waals surface area (Å²) in [5, 5.41) is 20.5. The van der Waals surface area contributed by atoms with Crippen LogP contribution >= 0.6 is 0 Å². The monoisotopic (exact) mass is 374 g/mol. The summed E-state index contributed by atoms with van der Waals surface area (Å²) in [5.74, 6) is 0.705. The van der Waals surface area contributed by atoms with Crippen LogP contribution in [0.25, 0.3) is 33.2 Å². The lowest BCUT2D eigenvalue weighted by molar-refractivity contribution is 0.473. The van der Waals surface area contributed by atoms with E-state index >= 15 is 0 Å². The Labute approximate surface area is 162 Å². The Morgan fingerprint density at radius 3 is 2.75 bits per heavy atom. The fourth-order valence-corrected chi connectivity index (χ4v) is 3.88. The second-order valence-electron chi connectivity index (χ2n) is 7.31. The van der Waals surface area contributed by atoms with Gasteiger partial charge in [0.05, 0.1) is 16.6 Å². The molecule has 0 radical (unpaired) electrons. The van der Waals surface area contributed by atoms with Crippen LogP contribution in [0.4, 0.5) is 5.69 Å². The van der Waals surface area contributed by atoms with E-state index in [4.69, 9.17) is 4.98 Å². The van der Waals surface area contributed by atoms with Gasteiger partial charge in [0.15, 0.2) is 5.82 Å². The first-order valence-electron chi connectivity index (χ1n) is 9.49. The van der Waals surface area contributed by atoms with Crippen LogP contribution in [0.5, 0.6) is 5.75 Å². The SMILES string of the molecule is Cc1c(O)c(-c2ncc3cc(N4CCNCC4)ccc3n2)cc2cn(C)nc12. The second kappa shape index (κ2) is 6.45. The molecule has 1 fully saturated rings. The summed E-state index contributed by atoms with van der Waals surface area (Å²) in [7, 11) is 1.87. The zero-order valence-electron chi connectivity index (χ0n) is 16.0. The second-order valence-corrected chi connectivity index (χ2v) is 7.31. The highest BCUT2D eigenvalue weighted by atomic mass is 16.3. The zero-order valence-corrected chi connectivity index (χ0v) is 16.0. The third-order valence-corrected chi connectivity index (χ3v) is 5.41. The number of fused-ring (bicyclic) bond motifs is 2. The predicted octanol–water partition coefficient (Wildman–Crippen LogP) is 2.61. The minimum Gasteiger partial charge on any atom is -0.507 e. The van der Waals surface area contributed by atoms with Crippen LogP contribution in [0.3, 0.4) is 0 Å². The van der Waals surface area contributed by atoms with Gasteiger partial charge in [0, 0.05) is 67.6 Å². The molecule has 5 rings (SSSR count). The van der Waals surface area contributed by atoms with Crippen LogP contribution in [0, 0.1) is 6.92 Å². The molecule has 0 aliphatic carbocycles. The molecule has 2 N–H and O–H groups in total. The van der Waals surface area contributed by atoms with Crippen LogP contribution in [0.15, 0.2) is 36.7 Å². The molecule has 142 valence electrons. The van der Waals surface area contributed by atoms with Gasteiger partial charge in [-0.25, -0.2) is 9.97 Å². The third-order valence-electron chi connectivity index (χ3n) is 5.41. The van der Waals surface area contributed by atoms with Crippen molar-refractivity contribution in [1.29, 1.82) is 0 Å². The molecule has 1 aliphatic heterocycles. The Hall–Kier alpha value is -3.19. The number of benzene rings is 2.